The van der Waals surface area contributed by atoms with Crippen LogP contribution in [-0.4, -0.2) is 18.5 Å². The highest BCUT2D eigenvalue weighted by Crippen LogP contribution is 2.15. The fourth-order valence-electron chi connectivity index (χ4n) is 2.10. The van der Waals surface area contributed by atoms with E-state index in [2.05, 4.69) is 12.1 Å². The molecule has 0 aromatic heterocycles. The van der Waals surface area contributed by atoms with Gasteiger partial charge in [-0.15, -0.1) is 0 Å². The third kappa shape index (κ3) is 3.17. The van der Waals surface area contributed by atoms with Crippen molar-refractivity contribution in [2.45, 2.75) is 38.2 Å². The molecule has 1 aliphatic heterocycles. The average Bonchev–Trinajstić information content (AvgIpc) is 2.84. The highest BCUT2D eigenvalue weighted by atomic mass is 16.5. The van der Waals surface area contributed by atoms with Crippen molar-refractivity contribution < 1.29 is 9.53 Å². The zero-order valence-electron chi connectivity index (χ0n) is 9.52. The molecule has 2 rings (SSSR count). The third-order valence-electron chi connectivity index (χ3n) is 3.02. The van der Waals surface area contributed by atoms with E-state index < -0.39 is 0 Å². The molecule has 1 atom stereocenters. The lowest BCUT2D eigenvalue weighted by Crippen LogP contribution is -2.19. The SMILES string of the molecule is O=C(CCCc1ccccc1)C1CCCO1. The van der Waals surface area contributed by atoms with Gasteiger partial charge in [0.15, 0.2) is 5.78 Å². The predicted molar refractivity (Wildman–Crippen MR) is 63.4 cm³/mol. The van der Waals surface area contributed by atoms with Crippen LogP contribution in [0.2, 0.25) is 0 Å². The first-order valence-corrected chi connectivity index (χ1v) is 6.04. The molecule has 0 amide bonds. The first kappa shape index (κ1) is 11.3. The number of hydrogen-bond acceptors (Lipinski definition) is 2. The zero-order valence-corrected chi connectivity index (χ0v) is 9.52. The van der Waals surface area contributed by atoms with Crippen molar-refractivity contribution in [2.24, 2.45) is 0 Å². The second-order valence-corrected chi connectivity index (χ2v) is 4.31. The second kappa shape index (κ2) is 5.80. The topological polar surface area (TPSA) is 26.3 Å². The molecule has 0 radical (unpaired) electrons. The number of aryl methyl sites for hydroxylation is 1. The Morgan fingerprint density at radius 3 is 2.81 bits per heavy atom. The molecule has 0 saturated carbocycles. The van der Waals surface area contributed by atoms with E-state index in [0.29, 0.717) is 6.42 Å². The van der Waals surface area contributed by atoms with Gasteiger partial charge >= 0.3 is 0 Å². The fourth-order valence-corrected chi connectivity index (χ4v) is 2.10. The summed E-state index contributed by atoms with van der Waals surface area (Å²) in [6, 6.07) is 10.3. The molecule has 1 aliphatic rings. The van der Waals surface area contributed by atoms with Crippen LogP contribution in [0.1, 0.15) is 31.2 Å². The maximum atomic E-state index is 11.7. The molecule has 0 spiro atoms. The van der Waals surface area contributed by atoms with Gasteiger partial charge in [-0.2, -0.15) is 0 Å². The molecule has 1 aromatic carbocycles. The van der Waals surface area contributed by atoms with Crippen molar-refractivity contribution in [1.82, 2.24) is 0 Å². The maximum absolute atomic E-state index is 11.7. The number of ketones is 1. The van der Waals surface area contributed by atoms with Crippen molar-refractivity contribution in [3.63, 3.8) is 0 Å². The lowest BCUT2D eigenvalue weighted by atomic mass is 10.0. The van der Waals surface area contributed by atoms with Crippen LogP contribution in [0.15, 0.2) is 30.3 Å². The summed E-state index contributed by atoms with van der Waals surface area (Å²) in [7, 11) is 0. The van der Waals surface area contributed by atoms with Crippen LogP contribution in [0, 0.1) is 0 Å². The van der Waals surface area contributed by atoms with Crippen LogP contribution in [0.5, 0.6) is 0 Å². The van der Waals surface area contributed by atoms with Crippen molar-refractivity contribution in [1.29, 1.82) is 0 Å². The van der Waals surface area contributed by atoms with E-state index in [4.69, 9.17) is 4.74 Å². The first-order valence-electron chi connectivity index (χ1n) is 6.04. The molecule has 16 heavy (non-hydrogen) atoms. The number of carbonyl (C=O) groups is 1. The van der Waals surface area contributed by atoms with E-state index in [-0.39, 0.29) is 11.9 Å². The molecule has 0 N–H and O–H groups in total. The van der Waals surface area contributed by atoms with Gasteiger partial charge in [0.05, 0.1) is 0 Å². The van der Waals surface area contributed by atoms with Crippen LogP contribution in [0.25, 0.3) is 0 Å². The lowest BCUT2D eigenvalue weighted by Gasteiger charge is -2.07. The van der Waals surface area contributed by atoms with Crippen molar-refractivity contribution >= 4 is 5.78 Å². The summed E-state index contributed by atoms with van der Waals surface area (Å²) >= 11 is 0. The van der Waals surface area contributed by atoms with Gasteiger partial charge in [0.1, 0.15) is 6.10 Å². The third-order valence-corrected chi connectivity index (χ3v) is 3.02. The number of Topliss-reactive ketones (excluding diaryl/α,β-unsaturated/α-hetero) is 1. The summed E-state index contributed by atoms with van der Waals surface area (Å²) in [5.74, 6) is 0.286. The molecular weight excluding hydrogens is 200 g/mol. The molecule has 1 heterocycles. The van der Waals surface area contributed by atoms with Crippen LogP contribution in [-0.2, 0) is 16.0 Å². The van der Waals surface area contributed by atoms with Crippen molar-refractivity contribution in [3.05, 3.63) is 35.9 Å². The van der Waals surface area contributed by atoms with Gasteiger partial charge < -0.3 is 4.74 Å². The molecule has 1 saturated heterocycles. The number of carbonyl (C=O) groups excluding carboxylic acids is 1. The monoisotopic (exact) mass is 218 g/mol. The Kier molecular flexibility index (Phi) is 4.11. The van der Waals surface area contributed by atoms with Gasteiger partial charge in [-0.1, -0.05) is 30.3 Å². The number of rotatable bonds is 5. The minimum atomic E-state index is -0.101. The summed E-state index contributed by atoms with van der Waals surface area (Å²) < 4.78 is 5.37. The molecule has 0 aliphatic carbocycles. The Morgan fingerprint density at radius 2 is 2.12 bits per heavy atom. The summed E-state index contributed by atoms with van der Waals surface area (Å²) in [6.45, 7) is 0.759. The van der Waals surface area contributed by atoms with E-state index in [1.165, 1.54) is 5.56 Å². The van der Waals surface area contributed by atoms with Gasteiger partial charge in [-0.3, -0.25) is 4.79 Å². The van der Waals surface area contributed by atoms with E-state index >= 15 is 0 Å². The molecule has 0 bridgehead atoms. The smallest absolute Gasteiger partial charge is 0.161 e. The van der Waals surface area contributed by atoms with E-state index in [0.717, 1.165) is 32.3 Å². The van der Waals surface area contributed by atoms with Crippen LogP contribution < -0.4 is 0 Å². The van der Waals surface area contributed by atoms with E-state index in [9.17, 15) is 4.79 Å². The van der Waals surface area contributed by atoms with Crippen molar-refractivity contribution in [2.75, 3.05) is 6.61 Å². The van der Waals surface area contributed by atoms with Gasteiger partial charge in [-0.05, 0) is 31.2 Å². The van der Waals surface area contributed by atoms with E-state index in [1.807, 2.05) is 18.2 Å². The zero-order chi connectivity index (χ0) is 11.2. The van der Waals surface area contributed by atoms with E-state index in [1.54, 1.807) is 0 Å². The maximum Gasteiger partial charge on any atom is 0.161 e. The molecule has 2 heteroatoms. The highest BCUT2D eigenvalue weighted by Gasteiger charge is 2.22. The standard InChI is InChI=1S/C14H18O2/c15-13(14-10-5-11-16-14)9-4-8-12-6-2-1-3-7-12/h1-3,6-7,14H,4-5,8-11H2. The minimum Gasteiger partial charge on any atom is -0.370 e. The second-order valence-electron chi connectivity index (χ2n) is 4.31. The summed E-state index contributed by atoms with van der Waals surface area (Å²) in [6.07, 6.45) is 4.43. The highest BCUT2D eigenvalue weighted by molar-refractivity contribution is 5.83. The summed E-state index contributed by atoms with van der Waals surface area (Å²) in [5.41, 5.74) is 1.31. The Balaban J connectivity index is 1.70. The number of benzene rings is 1. The Hall–Kier alpha value is -1.15. The molecule has 86 valence electrons. The fraction of sp³-hybridized carbons (Fsp3) is 0.500. The van der Waals surface area contributed by atoms with Crippen LogP contribution in [0.4, 0.5) is 0 Å². The largest absolute Gasteiger partial charge is 0.370 e. The Labute approximate surface area is 96.6 Å². The molecule has 1 fully saturated rings. The summed E-state index contributed by atoms with van der Waals surface area (Å²) in [5, 5.41) is 0. The molecule has 1 unspecified atom stereocenters. The van der Waals surface area contributed by atoms with Crippen LogP contribution in [0.3, 0.4) is 0 Å². The van der Waals surface area contributed by atoms with Crippen LogP contribution >= 0.6 is 0 Å². The lowest BCUT2D eigenvalue weighted by molar-refractivity contribution is -0.127. The van der Waals surface area contributed by atoms with Gasteiger partial charge in [0.2, 0.25) is 0 Å². The van der Waals surface area contributed by atoms with Crippen molar-refractivity contribution in [3.8, 4) is 0 Å². The van der Waals surface area contributed by atoms with Gasteiger partial charge in [-0.25, -0.2) is 0 Å². The summed E-state index contributed by atoms with van der Waals surface area (Å²) in [4.78, 5) is 11.7. The normalized spacial score (nSPS) is 19.9. The molecule has 2 nitrogen and oxygen atoms in total. The Bertz CT molecular complexity index is 326. The number of hydrogen-bond donors (Lipinski definition) is 0. The predicted octanol–water partition coefficient (Wildman–Crippen LogP) is 2.76. The van der Waals surface area contributed by atoms with Gasteiger partial charge in [0, 0.05) is 13.0 Å². The first-order chi connectivity index (χ1) is 7.86. The quantitative estimate of drug-likeness (QED) is 0.759. The average molecular weight is 218 g/mol. The minimum absolute atomic E-state index is 0.101. The Morgan fingerprint density at radius 1 is 1.31 bits per heavy atom. The van der Waals surface area contributed by atoms with Gasteiger partial charge in [0.25, 0.3) is 0 Å². The molecule has 1 aromatic rings. The molecular formula is C14H18O2. The number of ether oxygens (including phenoxy) is 1.